The van der Waals surface area contributed by atoms with Crippen LogP contribution < -0.4 is 0 Å². The average Bonchev–Trinajstić information content (AvgIpc) is 3.18. The van der Waals surface area contributed by atoms with Crippen LogP contribution in [0.5, 0.6) is 0 Å². The summed E-state index contributed by atoms with van der Waals surface area (Å²) >= 11 is 0. The van der Waals surface area contributed by atoms with Gasteiger partial charge in [-0.3, -0.25) is 24.0 Å². The molecule has 328 valence electrons. The molecule has 0 aromatic rings. The van der Waals surface area contributed by atoms with Crippen molar-refractivity contribution in [3.63, 3.8) is 0 Å². The molecule has 5 aliphatic rings. The lowest BCUT2D eigenvalue weighted by Gasteiger charge is -2.29. The standard InChI is InChI=1S/3C11H18O.2C10H16O/c1-4-9-5-6-10(8(2)3)7-11(9)12;1-4-9-10(8(2)3)6-5-7-11(9)12;1-3-6-9-7-5-8-11(12)10(9)4-2;1-7(2)9-5-4-6-10(11)8(9)3;1-3-5-9-6-4-7-10(11)8(9)2/h5,8,10H,4,6-7H2,1-3H3;5,7-10H,4,6H2,1-3H3;5,8-10H,3-4,6-7H2,1-2H3;4,6-9H,5H2,1-3H3;4,7-9H,3,5-6H2,1-2H3. The molecule has 0 aliphatic heterocycles. The molecule has 5 heteroatoms. The second kappa shape index (κ2) is 28.5. The third-order valence-corrected chi connectivity index (χ3v) is 13.6. The van der Waals surface area contributed by atoms with Gasteiger partial charge in [0, 0.05) is 30.1 Å². The summed E-state index contributed by atoms with van der Waals surface area (Å²) in [5.74, 6) is 7.64. The van der Waals surface area contributed by atoms with Crippen molar-refractivity contribution in [2.75, 3.05) is 0 Å². The lowest BCUT2D eigenvalue weighted by atomic mass is 9.74. The minimum Gasteiger partial charge on any atom is -0.295 e. The van der Waals surface area contributed by atoms with Gasteiger partial charge in [-0.05, 0) is 141 Å². The largest absolute Gasteiger partial charge is 0.295 e. The van der Waals surface area contributed by atoms with E-state index in [1.165, 1.54) is 25.7 Å². The van der Waals surface area contributed by atoms with Crippen LogP contribution in [-0.2, 0) is 24.0 Å². The number of carbonyl (C=O) groups excluding carboxylic acids is 5. The molecule has 9 unspecified atom stereocenters. The van der Waals surface area contributed by atoms with Gasteiger partial charge in [-0.15, -0.1) is 0 Å². The van der Waals surface area contributed by atoms with Gasteiger partial charge in [-0.1, -0.05) is 133 Å². The fourth-order valence-corrected chi connectivity index (χ4v) is 9.34. The molecule has 0 saturated heterocycles. The molecule has 5 aliphatic carbocycles. The van der Waals surface area contributed by atoms with E-state index in [4.69, 9.17) is 0 Å². The Balaban J connectivity index is 0.000000363. The van der Waals surface area contributed by atoms with Crippen LogP contribution in [0.25, 0.3) is 0 Å². The Labute approximate surface area is 356 Å². The molecule has 0 aromatic carbocycles. The summed E-state index contributed by atoms with van der Waals surface area (Å²) in [6.07, 6.45) is 31.1. The van der Waals surface area contributed by atoms with Crippen molar-refractivity contribution >= 4 is 28.9 Å². The minimum absolute atomic E-state index is 0.236. The van der Waals surface area contributed by atoms with Gasteiger partial charge in [0.25, 0.3) is 0 Å². The topological polar surface area (TPSA) is 85.3 Å². The molecular weight excluding hydrogens is 717 g/mol. The number of hydrogen-bond donors (Lipinski definition) is 0. The highest BCUT2D eigenvalue weighted by molar-refractivity contribution is 5.96. The van der Waals surface area contributed by atoms with Crippen molar-refractivity contribution in [1.29, 1.82) is 0 Å². The Morgan fingerprint density at radius 1 is 0.517 bits per heavy atom. The van der Waals surface area contributed by atoms with Crippen molar-refractivity contribution in [3.05, 3.63) is 60.3 Å². The maximum atomic E-state index is 11.5. The Kier molecular flexibility index (Phi) is 26.1. The van der Waals surface area contributed by atoms with E-state index in [-0.39, 0.29) is 17.8 Å². The summed E-state index contributed by atoms with van der Waals surface area (Å²) in [6.45, 7) is 27.9. The van der Waals surface area contributed by atoms with Crippen molar-refractivity contribution in [1.82, 2.24) is 0 Å². The highest BCUT2D eigenvalue weighted by Gasteiger charge is 2.30. The predicted octanol–water partition coefficient (Wildman–Crippen LogP) is 13.7. The third kappa shape index (κ3) is 17.7. The molecule has 0 fully saturated rings. The van der Waals surface area contributed by atoms with Crippen LogP contribution >= 0.6 is 0 Å². The lowest BCUT2D eigenvalue weighted by Crippen LogP contribution is -2.28. The number of Topliss-reactive ketones (excluding diaryl/α,β-unsaturated/α-hetero) is 1. The van der Waals surface area contributed by atoms with Gasteiger partial charge in [0.1, 0.15) is 0 Å². The number of allylic oxidation sites excluding steroid dienone is 10. The minimum atomic E-state index is 0.236. The Hall–Kier alpha value is -2.95. The fourth-order valence-electron chi connectivity index (χ4n) is 9.34. The van der Waals surface area contributed by atoms with Crippen molar-refractivity contribution in [2.45, 2.75) is 173 Å². The first-order valence-corrected chi connectivity index (χ1v) is 23.5. The van der Waals surface area contributed by atoms with E-state index in [1.54, 1.807) is 24.3 Å². The molecule has 9 atom stereocenters. The molecule has 5 rings (SSSR count). The molecule has 0 N–H and O–H groups in total. The van der Waals surface area contributed by atoms with Crippen LogP contribution in [0.1, 0.15) is 173 Å². The summed E-state index contributed by atoms with van der Waals surface area (Å²) in [7, 11) is 0. The second-order valence-corrected chi connectivity index (χ2v) is 18.6. The molecule has 0 heterocycles. The average molecular weight is 803 g/mol. The van der Waals surface area contributed by atoms with Crippen LogP contribution in [0.15, 0.2) is 60.3 Å². The molecule has 0 amide bonds. The SMILES string of the molecule is CC(C)C1CC=CC(=O)C1C.CCC1=CCC(C(C)C)CC1=O.CCC1C(=O)C=CCC1C(C)C.CCCC1CC=CC(=O)C1C.CCCC1CC=CC(=O)C1CC. The number of ketones is 5. The van der Waals surface area contributed by atoms with E-state index in [1.807, 2.05) is 38.2 Å². The van der Waals surface area contributed by atoms with Crippen LogP contribution in [0, 0.1) is 71.0 Å². The zero-order valence-corrected chi connectivity index (χ0v) is 39.4. The summed E-state index contributed by atoms with van der Waals surface area (Å²) < 4.78 is 0. The van der Waals surface area contributed by atoms with E-state index < -0.39 is 0 Å². The quantitative estimate of drug-likeness (QED) is 0.220. The van der Waals surface area contributed by atoms with Crippen LogP contribution in [0.2, 0.25) is 0 Å². The van der Waals surface area contributed by atoms with Gasteiger partial charge in [0.15, 0.2) is 28.9 Å². The molecule has 5 nitrogen and oxygen atoms in total. The number of carbonyl (C=O) groups is 5. The summed E-state index contributed by atoms with van der Waals surface area (Å²) in [5, 5.41) is 0. The predicted molar refractivity (Wildman–Crippen MR) is 245 cm³/mol. The molecular formula is C53H86O5. The maximum Gasteiger partial charge on any atom is 0.158 e. The summed E-state index contributed by atoms with van der Waals surface area (Å²) in [4.78, 5) is 56.8. The molecule has 0 aromatic heterocycles. The lowest BCUT2D eigenvalue weighted by molar-refractivity contribution is -0.121. The monoisotopic (exact) mass is 803 g/mol. The van der Waals surface area contributed by atoms with E-state index in [0.29, 0.717) is 82.2 Å². The molecule has 0 bridgehead atoms. The first-order chi connectivity index (χ1) is 27.5. The fraction of sp³-hybridized carbons (Fsp3) is 0.717. The van der Waals surface area contributed by atoms with Gasteiger partial charge in [-0.2, -0.15) is 0 Å². The normalized spacial score (nSPS) is 29.1. The Morgan fingerprint density at radius 2 is 0.966 bits per heavy atom. The zero-order chi connectivity index (χ0) is 43.9. The van der Waals surface area contributed by atoms with Crippen LogP contribution in [0.4, 0.5) is 0 Å². The molecule has 58 heavy (non-hydrogen) atoms. The smallest absolute Gasteiger partial charge is 0.158 e. The van der Waals surface area contributed by atoms with Crippen molar-refractivity contribution < 1.29 is 24.0 Å². The number of rotatable bonds is 10. The summed E-state index contributed by atoms with van der Waals surface area (Å²) in [5.41, 5.74) is 1.05. The Bertz CT molecular complexity index is 1420. The van der Waals surface area contributed by atoms with E-state index in [9.17, 15) is 24.0 Å². The van der Waals surface area contributed by atoms with Gasteiger partial charge in [0.2, 0.25) is 0 Å². The van der Waals surface area contributed by atoms with E-state index in [0.717, 1.165) is 63.4 Å². The van der Waals surface area contributed by atoms with Crippen molar-refractivity contribution in [3.8, 4) is 0 Å². The Morgan fingerprint density at radius 3 is 1.40 bits per heavy atom. The molecule has 0 saturated carbocycles. The van der Waals surface area contributed by atoms with Gasteiger partial charge < -0.3 is 0 Å². The molecule has 0 spiro atoms. The van der Waals surface area contributed by atoms with E-state index in [2.05, 4.69) is 82.2 Å². The first-order valence-electron chi connectivity index (χ1n) is 23.5. The van der Waals surface area contributed by atoms with Crippen molar-refractivity contribution in [2.24, 2.45) is 71.0 Å². The van der Waals surface area contributed by atoms with Gasteiger partial charge in [-0.25, -0.2) is 0 Å². The third-order valence-electron chi connectivity index (χ3n) is 13.6. The zero-order valence-electron chi connectivity index (χ0n) is 39.4. The van der Waals surface area contributed by atoms with Crippen LogP contribution in [-0.4, -0.2) is 28.9 Å². The van der Waals surface area contributed by atoms with Gasteiger partial charge >= 0.3 is 0 Å². The van der Waals surface area contributed by atoms with Gasteiger partial charge in [0.05, 0.1) is 0 Å². The molecule has 0 radical (unpaired) electrons. The summed E-state index contributed by atoms with van der Waals surface area (Å²) in [6, 6.07) is 0. The highest BCUT2D eigenvalue weighted by Crippen LogP contribution is 2.33. The first kappa shape index (κ1) is 53.1. The van der Waals surface area contributed by atoms with E-state index >= 15 is 0 Å². The highest BCUT2D eigenvalue weighted by atomic mass is 16.1. The number of hydrogen-bond acceptors (Lipinski definition) is 5. The maximum absolute atomic E-state index is 11.5. The van der Waals surface area contributed by atoms with Crippen LogP contribution in [0.3, 0.4) is 0 Å². The second-order valence-electron chi connectivity index (χ2n) is 18.6.